The molecule has 2 fully saturated rings. The first-order valence-corrected chi connectivity index (χ1v) is 10.0. The number of carbonyl (C=O) groups is 1. The molecule has 1 saturated heterocycles. The van der Waals surface area contributed by atoms with Crippen molar-refractivity contribution in [3.8, 4) is 17.1 Å². The lowest BCUT2D eigenvalue weighted by atomic mass is 10.0. The summed E-state index contributed by atoms with van der Waals surface area (Å²) in [5, 5.41) is 17.0. The van der Waals surface area contributed by atoms with Gasteiger partial charge in [-0.3, -0.25) is 4.79 Å². The first kappa shape index (κ1) is 18.8. The smallest absolute Gasteiger partial charge is 0.259 e. The molecule has 0 spiro atoms. The molecule has 7 nitrogen and oxygen atoms in total. The van der Waals surface area contributed by atoms with E-state index in [9.17, 15) is 9.90 Å². The molecule has 2 aromatic rings. The van der Waals surface area contributed by atoms with Crippen LogP contribution in [-0.4, -0.2) is 49.0 Å². The summed E-state index contributed by atoms with van der Waals surface area (Å²) in [6.07, 6.45) is 5.01. The molecule has 1 amide bonds. The number of aliphatic hydroxyl groups excluding tert-OH is 1. The Kier molecular flexibility index (Phi) is 5.52. The van der Waals surface area contributed by atoms with Crippen LogP contribution in [0, 0.1) is 5.92 Å². The van der Waals surface area contributed by atoms with Gasteiger partial charge >= 0.3 is 0 Å². The van der Waals surface area contributed by atoms with Gasteiger partial charge in [-0.05, 0) is 49.9 Å². The van der Waals surface area contributed by atoms with Crippen molar-refractivity contribution < 1.29 is 19.2 Å². The maximum atomic E-state index is 13.3. The van der Waals surface area contributed by atoms with Gasteiger partial charge in [0, 0.05) is 37.2 Å². The van der Waals surface area contributed by atoms with Crippen LogP contribution < -0.4 is 15.0 Å². The molecule has 2 aliphatic rings. The van der Waals surface area contributed by atoms with Crippen molar-refractivity contribution in [1.29, 1.82) is 0 Å². The number of carbonyl (C=O) groups excluding carboxylic acids is 1. The molecule has 0 unspecified atom stereocenters. The third-order valence-electron chi connectivity index (χ3n) is 5.87. The molecular formula is C21H27N3O4. The molecule has 2 atom stereocenters. The first-order chi connectivity index (χ1) is 13.7. The summed E-state index contributed by atoms with van der Waals surface area (Å²) in [5.74, 6) is 1.76. The minimum Gasteiger partial charge on any atom is -0.497 e. The number of aliphatic hydroxyl groups is 1. The number of anilines is 1. The fourth-order valence-corrected chi connectivity index (χ4v) is 4.26. The summed E-state index contributed by atoms with van der Waals surface area (Å²) >= 11 is 0. The molecular weight excluding hydrogens is 358 g/mol. The molecule has 4 rings (SSSR count). The van der Waals surface area contributed by atoms with E-state index in [1.165, 1.54) is 0 Å². The second-order valence-corrected chi connectivity index (χ2v) is 7.59. The monoisotopic (exact) mass is 385 g/mol. The van der Waals surface area contributed by atoms with Crippen molar-refractivity contribution >= 4 is 11.7 Å². The summed E-state index contributed by atoms with van der Waals surface area (Å²) in [6.45, 7) is 1.84. The normalized spacial score (nSPS) is 21.9. The van der Waals surface area contributed by atoms with E-state index in [0.29, 0.717) is 17.1 Å². The van der Waals surface area contributed by atoms with E-state index in [2.05, 4.69) is 15.4 Å². The highest BCUT2D eigenvalue weighted by molar-refractivity contribution is 6.04. The van der Waals surface area contributed by atoms with Crippen molar-refractivity contribution in [2.24, 2.45) is 5.92 Å². The molecule has 1 aromatic heterocycles. The van der Waals surface area contributed by atoms with Gasteiger partial charge in [0.25, 0.3) is 5.91 Å². The van der Waals surface area contributed by atoms with Gasteiger partial charge in [-0.1, -0.05) is 11.6 Å². The summed E-state index contributed by atoms with van der Waals surface area (Å²) in [5.41, 5.74) is 1.27. The van der Waals surface area contributed by atoms with E-state index in [1.54, 1.807) is 7.11 Å². The lowest BCUT2D eigenvalue weighted by molar-refractivity contribution is 0.0916. The predicted octanol–water partition coefficient (Wildman–Crippen LogP) is 2.84. The number of hydrogen-bond donors (Lipinski definition) is 2. The number of hydrogen-bond acceptors (Lipinski definition) is 6. The molecule has 7 heteroatoms. The Hall–Kier alpha value is -2.54. The summed E-state index contributed by atoms with van der Waals surface area (Å²) in [7, 11) is 1.62. The van der Waals surface area contributed by atoms with Gasteiger partial charge in [-0.25, -0.2) is 0 Å². The molecule has 0 radical (unpaired) electrons. The van der Waals surface area contributed by atoms with Gasteiger partial charge in [0.15, 0.2) is 11.6 Å². The molecule has 1 saturated carbocycles. The Morgan fingerprint density at radius 3 is 2.68 bits per heavy atom. The molecule has 150 valence electrons. The zero-order valence-electron chi connectivity index (χ0n) is 16.2. The van der Waals surface area contributed by atoms with Gasteiger partial charge in [0.2, 0.25) is 0 Å². The molecule has 1 aliphatic heterocycles. The highest BCUT2D eigenvalue weighted by atomic mass is 16.5. The number of ether oxygens (including phenoxy) is 1. The van der Waals surface area contributed by atoms with E-state index in [4.69, 9.17) is 9.26 Å². The average molecular weight is 385 g/mol. The Balaban J connectivity index is 1.67. The van der Waals surface area contributed by atoms with Crippen LogP contribution in [0.5, 0.6) is 5.75 Å². The maximum absolute atomic E-state index is 13.3. The summed E-state index contributed by atoms with van der Waals surface area (Å²) in [4.78, 5) is 15.4. The molecule has 28 heavy (non-hydrogen) atoms. The topological polar surface area (TPSA) is 87.8 Å². The first-order valence-electron chi connectivity index (χ1n) is 10.0. The number of amides is 1. The number of aromatic nitrogens is 1. The fraction of sp³-hybridized carbons (Fsp3) is 0.524. The van der Waals surface area contributed by atoms with Crippen molar-refractivity contribution in [3.63, 3.8) is 0 Å². The summed E-state index contributed by atoms with van der Waals surface area (Å²) < 4.78 is 10.9. The lowest BCUT2D eigenvalue weighted by Crippen LogP contribution is -2.39. The SMILES string of the molecule is COc1ccc(-c2onc(N3CCCC3)c2C(=O)N[C@H]2CCC[C@H]2CO)cc1. The largest absolute Gasteiger partial charge is 0.497 e. The minimum atomic E-state index is -0.181. The molecule has 0 bridgehead atoms. The van der Waals surface area contributed by atoms with Crippen molar-refractivity contribution in [2.45, 2.75) is 38.1 Å². The standard InChI is InChI=1S/C21H27N3O4/c1-27-16-9-7-14(8-10-16)19-18(20(23-28-19)24-11-2-3-12-24)21(26)22-17-6-4-5-15(17)13-25/h7-10,15,17,25H,2-6,11-13H2,1H3,(H,22,26)/t15-,17-/m0/s1. The number of nitrogens with one attached hydrogen (secondary N) is 1. The zero-order chi connectivity index (χ0) is 19.5. The van der Waals surface area contributed by atoms with Crippen LogP contribution in [0.25, 0.3) is 11.3 Å². The Labute approximate surface area is 164 Å². The quantitative estimate of drug-likeness (QED) is 0.795. The van der Waals surface area contributed by atoms with Gasteiger partial charge < -0.3 is 24.6 Å². The van der Waals surface area contributed by atoms with Crippen LogP contribution in [0.1, 0.15) is 42.5 Å². The number of rotatable bonds is 6. The fourth-order valence-electron chi connectivity index (χ4n) is 4.26. The van der Waals surface area contributed by atoms with E-state index < -0.39 is 0 Å². The highest BCUT2D eigenvalue weighted by Gasteiger charge is 2.33. The van der Waals surface area contributed by atoms with Gasteiger partial charge in [-0.15, -0.1) is 0 Å². The average Bonchev–Trinajstić information content (AvgIpc) is 3.47. The predicted molar refractivity (Wildman–Crippen MR) is 106 cm³/mol. The van der Waals surface area contributed by atoms with Gasteiger partial charge in [0.05, 0.1) is 7.11 Å². The lowest BCUT2D eigenvalue weighted by Gasteiger charge is -2.20. The Morgan fingerprint density at radius 2 is 2.00 bits per heavy atom. The van der Waals surface area contributed by atoms with Crippen LogP contribution >= 0.6 is 0 Å². The summed E-state index contributed by atoms with van der Waals surface area (Å²) in [6, 6.07) is 7.41. The van der Waals surface area contributed by atoms with E-state index in [1.807, 2.05) is 24.3 Å². The Bertz CT molecular complexity index is 812. The minimum absolute atomic E-state index is 0.0115. The molecule has 1 aromatic carbocycles. The van der Waals surface area contributed by atoms with Crippen molar-refractivity contribution in [3.05, 3.63) is 29.8 Å². The van der Waals surface area contributed by atoms with Crippen LogP contribution in [0.2, 0.25) is 0 Å². The third-order valence-corrected chi connectivity index (χ3v) is 5.87. The third kappa shape index (κ3) is 3.58. The molecule has 2 N–H and O–H groups in total. The van der Waals surface area contributed by atoms with Crippen LogP contribution in [0.4, 0.5) is 5.82 Å². The van der Waals surface area contributed by atoms with Crippen LogP contribution in [0.3, 0.4) is 0 Å². The number of nitrogens with zero attached hydrogens (tertiary/aromatic N) is 2. The Morgan fingerprint density at radius 1 is 1.25 bits per heavy atom. The van der Waals surface area contributed by atoms with E-state index in [0.717, 1.165) is 56.5 Å². The van der Waals surface area contributed by atoms with Crippen LogP contribution in [0.15, 0.2) is 28.8 Å². The molecule has 1 aliphatic carbocycles. The second kappa shape index (κ2) is 8.22. The highest BCUT2D eigenvalue weighted by Crippen LogP contribution is 2.34. The number of benzene rings is 1. The van der Waals surface area contributed by atoms with Crippen molar-refractivity contribution in [1.82, 2.24) is 10.5 Å². The van der Waals surface area contributed by atoms with Crippen molar-refractivity contribution in [2.75, 3.05) is 31.7 Å². The maximum Gasteiger partial charge on any atom is 0.259 e. The number of methoxy groups -OCH3 is 1. The van der Waals surface area contributed by atoms with E-state index >= 15 is 0 Å². The van der Waals surface area contributed by atoms with Gasteiger partial charge in [0.1, 0.15) is 11.3 Å². The van der Waals surface area contributed by atoms with Gasteiger partial charge in [-0.2, -0.15) is 0 Å². The van der Waals surface area contributed by atoms with E-state index in [-0.39, 0.29) is 24.5 Å². The zero-order valence-corrected chi connectivity index (χ0v) is 16.2. The second-order valence-electron chi connectivity index (χ2n) is 7.59. The molecule has 2 heterocycles. The van der Waals surface area contributed by atoms with Crippen LogP contribution in [-0.2, 0) is 0 Å².